The van der Waals surface area contributed by atoms with Crippen LogP contribution in [0, 0.1) is 0 Å². The van der Waals surface area contributed by atoms with Crippen molar-refractivity contribution in [1.29, 1.82) is 0 Å². The fourth-order valence-corrected chi connectivity index (χ4v) is 3.07. The van der Waals surface area contributed by atoms with E-state index in [2.05, 4.69) is 9.97 Å². The third kappa shape index (κ3) is 4.52. The number of carbonyl (C=O) groups excluding carboxylic acids is 1. The van der Waals surface area contributed by atoms with E-state index < -0.39 is 11.7 Å². The van der Waals surface area contributed by atoms with Crippen molar-refractivity contribution < 1.29 is 22.7 Å². The summed E-state index contributed by atoms with van der Waals surface area (Å²) in [6.45, 7) is 4.29. The minimum atomic E-state index is -4.41. The molecule has 1 saturated heterocycles. The average Bonchev–Trinajstić information content (AvgIpc) is 2.94. The number of anilines is 1. The van der Waals surface area contributed by atoms with Crippen LogP contribution in [-0.4, -0.2) is 53.6 Å². The largest absolute Gasteiger partial charge is 0.477 e. The number of amides is 1. The number of alkyl halides is 3. The number of carbonyl (C=O) groups is 1. The Bertz CT molecular complexity index is 812. The lowest BCUT2D eigenvalue weighted by molar-refractivity contribution is -0.137. The number of hydrogen-bond donors (Lipinski definition) is 0. The molecule has 2 aromatic rings. The molecule has 0 N–H and O–H groups in total. The van der Waals surface area contributed by atoms with Crippen LogP contribution in [0.25, 0.3) is 0 Å². The summed E-state index contributed by atoms with van der Waals surface area (Å²) in [4.78, 5) is 24.6. The number of pyridine rings is 2. The molecule has 0 spiro atoms. The average molecular weight is 394 g/mol. The summed E-state index contributed by atoms with van der Waals surface area (Å²) in [5.74, 6) is 0.609. The lowest BCUT2D eigenvalue weighted by Gasteiger charge is -2.23. The van der Waals surface area contributed by atoms with E-state index in [-0.39, 0.29) is 5.91 Å². The Morgan fingerprint density at radius 1 is 1.14 bits per heavy atom. The molecular formula is C19H21F3N4O2. The summed E-state index contributed by atoms with van der Waals surface area (Å²) < 4.78 is 43.5. The van der Waals surface area contributed by atoms with Crippen molar-refractivity contribution in [2.45, 2.75) is 19.5 Å². The van der Waals surface area contributed by atoms with Gasteiger partial charge in [0.2, 0.25) is 5.88 Å². The van der Waals surface area contributed by atoms with E-state index in [1.54, 1.807) is 23.2 Å². The Kier molecular flexibility index (Phi) is 6.01. The maximum Gasteiger partial charge on any atom is 0.417 e. The molecule has 6 nitrogen and oxygen atoms in total. The fourth-order valence-electron chi connectivity index (χ4n) is 3.07. The second kappa shape index (κ2) is 8.45. The second-order valence-electron chi connectivity index (χ2n) is 6.32. The van der Waals surface area contributed by atoms with Gasteiger partial charge in [0.05, 0.1) is 12.2 Å². The van der Waals surface area contributed by atoms with Gasteiger partial charge in [0.1, 0.15) is 11.4 Å². The molecule has 1 aliphatic heterocycles. The van der Waals surface area contributed by atoms with Gasteiger partial charge in [0, 0.05) is 38.6 Å². The van der Waals surface area contributed by atoms with Crippen molar-refractivity contribution in [1.82, 2.24) is 14.9 Å². The third-order valence-electron chi connectivity index (χ3n) is 4.46. The molecule has 0 unspecified atom stereocenters. The number of hydrogen-bond acceptors (Lipinski definition) is 5. The molecule has 0 radical (unpaired) electrons. The molecule has 3 heterocycles. The monoisotopic (exact) mass is 394 g/mol. The van der Waals surface area contributed by atoms with Crippen LogP contribution < -0.4 is 9.64 Å². The molecule has 0 saturated carbocycles. The summed E-state index contributed by atoms with van der Waals surface area (Å²) >= 11 is 0. The van der Waals surface area contributed by atoms with Gasteiger partial charge in [-0.05, 0) is 37.6 Å². The predicted molar refractivity (Wildman–Crippen MR) is 97.4 cm³/mol. The Morgan fingerprint density at radius 2 is 1.96 bits per heavy atom. The van der Waals surface area contributed by atoms with E-state index in [1.807, 2.05) is 11.8 Å². The molecule has 1 fully saturated rings. The van der Waals surface area contributed by atoms with Crippen molar-refractivity contribution in [2.75, 3.05) is 37.7 Å². The lowest BCUT2D eigenvalue weighted by Crippen LogP contribution is -2.35. The van der Waals surface area contributed by atoms with Crippen molar-refractivity contribution in [3.8, 4) is 5.88 Å². The summed E-state index contributed by atoms with van der Waals surface area (Å²) in [6.07, 6.45) is -1.32. The molecular weight excluding hydrogens is 373 g/mol. The first kappa shape index (κ1) is 19.9. The van der Waals surface area contributed by atoms with Gasteiger partial charge in [-0.1, -0.05) is 0 Å². The molecule has 28 heavy (non-hydrogen) atoms. The van der Waals surface area contributed by atoms with E-state index in [0.29, 0.717) is 56.5 Å². The number of halogens is 3. The minimum absolute atomic E-state index is 0.168. The highest BCUT2D eigenvalue weighted by atomic mass is 19.4. The predicted octanol–water partition coefficient (Wildman–Crippen LogP) is 3.25. The number of ether oxygens (including phenoxy) is 1. The summed E-state index contributed by atoms with van der Waals surface area (Å²) in [5, 5.41) is 0. The Labute approximate surface area is 160 Å². The van der Waals surface area contributed by atoms with Gasteiger partial charge in [-0.2, -0.15) is 13.2 Å². The van der Waals surface area contributed by atoms with Crippen molar-refractivity contribution in [2.24, 2.45) is 0 Å². The molecule has 9 heteroatoms. The maximum absolute atomic E-state index is 12.9. The van der Waals surface area contributed by atoms with E-state index in [4.69, 9.17) is 4.74 Å². The first-order valence-electron chi connectivity index (χ1n) is 9.05. The normalized spacial score (nSPS) is 15.3. The number of nitrogens with zero attached hydrogens (tertiary/aromatic N) is 4. The van der Waals surface area contributed by atoms with Crippen LogP contribution >= 0.6 is 0 Å². The van der Waals surface area contributed by atoms with Gasteiger partial charge in [0.15, 0.2) is 0 Å². The van der Waals surface area contributed by atoms with Crippen LogP contribution in [0.4, 0.5) is 19.0 Å². The molecule has 3 rings (SSSR count). The maximum atomic E-state index is 12.9. The van der Waals surface area contributed by atoms with Crippen molar-refractivity contribution in [3.63, 3.8) is 0 Å². The topological polar surface area (TPSA) is 58.6 Å². The Hall–Kier alpha value is -2.84. The Morgan fingerprint density at radius 3 is 2.64 bits per heavy atom. The molecule has 2 aromatic heterocycles. The summed E-state index contributed by atoms with van der Waals surface area (Å²) in [5.41, 5.74) is -0.367. The quantitative estimate of drug-likeness (QED) is 0.797. The number of rotatable bonds is 4. The molecule has 0 aromatic carbocycles. The van der Waals surface area contributed by atoms with Gasteiger partial charge < -0.3 is 14.5 Å². The highest BCUT2D eigenvalue weighted by Gasteiger charge is 2.31. The molecule has 150 valence electrons. The highest BCUT2D eigenvalue weighted by Crippen LogP contribution is 2.29. The van der Waals surface area contributed by atoms with Crippen LogP contribution in [-0.2, 0) is 6.18 Å². The summed E-state index contributed by atoms with van der Waals surface area (Å²) in [7, 11) is 0. The standard InChI is InChI=1S/C19H21F3N4O2/c1-2-28-17-15(5-3-8-23-17)18(27)26-10-4-9-25(11-12-26)16-7-6-14(13-24-16)19(20,21)22/h3,5-8,13H,2,4,9-12H2,1H3. The van der Waals surface area contributed by atoms with Crippen molar-refractivity contribution >= 4 is 11.7 Å². The summed E-state index contributed by atoms with van der Waals surface area (Å²) in [6, 6.07) is 5.77. The fraction of sp³-hybridized carbons (Fsp3) is 0.421. The van der Waals surface area contributed by atoms with Crippen LogP contribution in [0.3, 0.4) is 0 Å². The van der Waals surface area contributed by atoms with E-state index in [1.165, 1.54) is 6.07 Å². The van der Waals surface area contributed by atoms with Crippen LogP contribution in [0.5, 0.6) is 5.88 Å². The van der Waals surface area contributed by atoms with Crippen molar-refractivity contribution in [3.05, 3.63) is 47.8 Å². The highest BCUT2D eigenvalue weighted by molar-refractivity contribution is 5.96. The molecule has 1 aliphatic rings. The van der Waals surface area contributed by atoms with Gasteiger partial charge in [-0.15, -0.1) is 0 Å². The smallest absolute Gasteiger partial charge is 0.417 e. The van der Waals surface area contributed by atoms with E-state index in [9.17, 15) is 18.0 Å². The lowest BCUT2D eigenvalue weighted by atomic mass is 10.2. The van der Waals surface area contributed by atoms with Gasteiger partial charge >= 0.3 is 6.18 Å². The zero-order valence-corrected chi connectivity index (χ0v) is 15.4. The zero-order valence-electron chi connectivity index (χ0n) is 15.4. The molecule has 0 atom stereocenters. The second-order valence-corrected chi connectivity index (χ2v) is 6.32. The molecule has 1 amide bonds. The van der Waals surface area contributed by atoms with Crippen LogP contribution in [0.15, 0.2) is 36.7 Å². The minimum Gasteiger partial charge on any atom is -0.477 e. The zero-order chi connectivity index (χ0) is 20.1. The SMILES string of the molecule is CCOc1ncccc1C(=O)N1CCCN(c2ccc(C(F)(F)F)cn2)CC1. The van der Waals surface area contributed by atoms with Gasteiger partial charge in [-0.25, -0.2) is 9.97 Å². The van der Waals surface area contributed by atoms with Crippen LogP contribution in [0.1, 0.15) is 29.3 Å². The van der Waals surface area contributed by atoms with Gasteiger partial charge in [-0.3, -0.25) is 4.79 Å². The van der Waals surface area contributed by atoms with E-state index in [0.717, 1.165) is 12.3 Å². The van der Waals surface area contributed by atoms with Crippen LogP contribution in [0.2, 0.25) is 0 Å². The first-order chi connectivity index (χ1) is 13.4. The Balaban J connectivity index is 1.69. The third-order valence-corrected chi connectivity index (χ3v) is 4.46. The van der Waals surface area contributed by atoms with E-state index >= 15 is 0 Å². The van der Waals surface area contributed by atoms with Gasteiger partial charge in [0.25, 0.3) is 5.91 Å². The molecule has 0 bridgehead atoms. The number of aromatic nitrogens is 2. The first-order valence-corrected chi connectivity index (χ1v) is 9.05. The molecule has 0 aliphatic carbocycles.